The lowest BCUT2D eigenvalue weighted by Gasteiger charge is -2.34. The van der Waals surface area contributed by atoms with Crippen LogP contribution in [-0.4, -0.2) is 42.8 Å². The number of halogens is 1. The van der Waals surface area contributed by atoms with Gasteiger partial charge in [0, 0.05) is 19.5 Å². The minimum absolute atomic E-state index is 0.226. The van der Waals surface area contributed by atoms with Gasteiger partial charge in [0.05, 0.1) is 7.11 Å². The van der Waals surface area contributed by atoms with Gasteiger partial charge in [-0.15, -0.1) is 0 Å². The first kappa shape index (κ1) is 20.2. The average Bonchev–Trinajstić information content (AvgIpc) is 2.58. The van der Waals surface area contributed by atoms with Crippen molar-refractivity contribution in [1.29, 1.82) is 0 Å². The molecule has 144 valence electrons. The van der Waals surface area contributed by atoms with Crippen LogP contribution in [0, 0.1) is 5.82 Å². The van der Waals surface area contributed by atoms with Crippen LogP contribution in [0.25, 0.3) is 0 Å². The Bertz CT molecular complexity index is 646. The second kappa shape index (κ2) is 8.52. The minimum Gasteiger partial charge on any atom is -0.469 e. The zero-order valence-electron chi connectivity index (χ0n) is 16.0. The van der Waals surface area contributed by atoms with Crippen molar-refractivity contribution in [2.75, 3.05) is 20.2 Å². The van der Waals surface area contributed by atoms with Gasteiger partial charge in [-0.05, 0) is 69.2 Å². The van der Waals surface area contributed by atoms with Crippen LogP contribution < -0.4 is 0 Å². The van der Waals surface area contributed by atoms with Crippen molar-refractivity contribution in [2.45, 2.75) is 58.0 Å². The Kier molecular flexibility index (Phi) is 6.62. The number of esters is 1. The Morgan fingerprint density at radius 2 is 1.88 bits per heavy atom. The van der Waals surface area contributed by atoms with Crippen molar-refractivity contribution in [3.8, 4) is 0 Å². The van der Waals surface area contributed by atoms with E-state index in [1.165, 1.54) is 19.2 Å². The van der Waals surface area contributed by atoms with Gasteiger partial charge in [0.2, 0.25) is 0 Å². The lowest BCUT2D eigenvalue weighted by molar-refractivity contribution is -0.140. The van der Waals surface area contributed by atoms with E-state index < -0.39 is 5.60 Å². The van der Waals surface area contributed by atoms with Crippen molar-refractivity contribution in [2.24, 2.45) is 0 Å². The van der Waals surface area contributed by atoms with E-state index in [1.54, 1.807) is 11.0 Å². The molecule has 2 rings (SSSR count). The Morgan fingerprint density at radius 1 is 1.23 bits per heavy atom. The first-order valence-corrected chi connectivity index (χ1v) is 9.02. The number of methoxy groups -OCH3 is 1. The number of rotatable bonds is 4. The smallest absolute Gasteiger partial charge is 0.410 e. The van der Waals surface area contributed by atoms with Gasteiger partial charge in [0.15, 0.2) is 0 Å². The maximum absolute atomic E-state index is 13.7. The molecule has 1 aliphatic rings. The molecule has 1 heterocycles. The van der Waals surface area contributed by atoms with Crippen LogP contribution in [0.4, 0.5) is 9.18 Å². The molecule has 0 saturated carbocycles. The quantitative estimate of drug-likeness (QED) is 0.756. The van der Waals surface area contributed by atoms with Crippen LogP contribution >= 0.6 is 0 Å². The number of nitrogens with zero attached hydrogens (tertiary/aromatic N) is 1. The van der Waals surface area contributed by atoms with Crippen molar-refractivity contribution in [3.05, 3.63) is 35.1 Å². The van der Waals surface area contributed by atoms with Crippen molar-refractivity contribution in [3.63, 3.8) is 0 Å². The number of amides is 1. The first-order valence-electron chi connectivity index (χ1n) is 9.02. The van der Waals surface area contributed by atoms with Gasteiger partial charge in [-0.25, -0.2) is 9.18 Å². The third-order valence-electron chi connectivity index (χ3n) is 4.52. The van der Waals surface area contributed by atoms with Gasteiger partial charge >= 0.3 is 12.1 Å². The predicted molar refractivity (Wildman–Crippen MR) is 96.5 cm³/mol. The number of likely N-dealkylation sites (tertiary alicyclic amines) is 1. The fourth-order valence-corrected chi connectivity index (χ4v) is 3.23. The third kappa shape index (κ3) is 5.71. The summed E-state index contributed by atoms with van der Waals surface area (Å²) in [5, 5.41) is 0. The summed E-state index contributed by atoms with van der Waals surface area (Å²) >= 11 is 0. The van der Waals surface area contributed by atoms with Gasteiger partial charge in [-0.1, -0.05) is 6.07 Å². The van der Waals surface area contributed by atoms with Crippen LogP contribution in [0.15, 0.2) is 18.2 Å². The Balaban J connectivity index is 2.02. The molecule has 26 heavy (non-hydrogen) atoms. The molecule has 1 fully saturated rings. The molecule has 0 unspecified atom stereocenters. The van der Waals surface area contributed by atoms with Gasteiger partial charge in [-0.3, -0.25) is 4.79 Å². The van der Waals surface area contributed by atoms with Crippen molar-refractivity contribution >= 4 is 12.1 Å². The fraction of sp³-hybridized carbons (Fsp3) is 0.600. The molecular formula is C20H28FNO4. The number of aryl methyl sites for hydroxylation is 1. The molecule has 0 aromatic heterocycles. The highest BCUT2D eigenvalue weighted by Crippen LogP contribution is 2.32. The van der Waals surface area contributed by atoms with Crippen LogP contribution in [0.1, 0.15) is 57.1 Å². The lowest BCUT2D eigenvalue weighted by atomic mass is 9.85. The number of benzene rings is 1. The number of carbonyl (C=O) groups is 2. The van der Waals surface area contributed by atoms with E-state index in [4.69, 9.17) is 4.74 Å². The summed E-state index contributed by atoms with van der Waals surface area (Å²) in [4.78, 5) is 25.3. The van der Waals surface area contributed by atoms with E-state index in [9.17, 15) is 14.0 Å². The number of hydrogen-bond donors (Lipinski definition) is 0. The van der Waals surface area contributed by atoms with E-state index in [-0.39, 0.29) is 30.2 Å². The molecule has 1 aromatic carbocycles. The summed E-state index contributed by atoms with van der Waals surface area (Å²) in [5.74, 6) is -0.373. The monoisotopic (exact) mass is 365 g/mol. The van der Waals surface area contributed by atoms with Crippen LogP contribution in [0.5, 0.6) is 0 Å². The van der Waals surface area contributed by atoms with Gasteiger partial charge in [-0.2, -0.15) is 0 Å². The summed E-state index contributed by atoms with van der Waals surface area (Å²) in [6.45, 7) is 6.76. The summed E-state index contributed by atoms with van der Waals surface area (Å²) in [7, 11) is 1.35. The molecule has 0 N–H and O–H groups in total. The maximum atomic E-state index is 13.7. The predicted octanol–water partition coefficient (Wildman–Crippen LogP) is 4.05. The van der Waals surface area contributed by atoms with E-state index in [0.717, 1.165) is 24.0 Å². The Labute approximate surface area is 154 Å². The summed E-state index contributed by atoms with van der Waals surface area (Å²) in [6, 6.07) is 4.76. The fourth-order valence-electron chi connectivity index (χ4n) is 3.23. The highest BCUT2D eigenvalue weighted by molar-refractivity contribution is 5.69. The molecule has 0 spiro atoms. The zero-order chi connectivity index (χ0) is 19.3. The number of hydrogen-bond acceptors (Lipinski definition) is 4. The molecule has 6 heteroatoms. The van der Waals surface area contributed by atoms with E-state index in [0.29, 0.717) is 19.5 Å². The molecule has 5 nitrogen and oxygen atoms in total. The minimum atomic E-state index is -0.508. The normalized spacial score (nSPS) is 15.7. The highest BCUT2D eigenvalue weighted by atomic mass is 19.1. The SMILES string of the molecule is COC(=O)CCc1cc(F)ccc1C1CCN(C(=O)OC(C)(C)C)CC1. The van der Waals surface area contributed by atoms with Gasteiger partial charge in [0.1, 0.15) is 11.4 Å². The molecule has 1 aromatic rings. The van der Waals surface area contributed by atoms with Gasteiger partial charge in [0.25, 0.3) is 0 Å². The highest BCUT2D eigenvalue weighted by Gasteiger charge is 2.28. The van der Waals surface area contributed by atoms with E-state index >= 15 is 0 Å². The number of piperidine rings is 1. The van der Waals surface area contributed by atoms with Crippen LogP contribution in [0.3, 0.4) is 0 Å². The Morgan fingerprint density at radius 3 is 2.46 bits per heavy atom. The molecule has 1 amide bonds. The van der Waals surface area contributed by atoms with Crippen LogP contribution in [-0.2, 0) is 20.7 Å². The number of ether oxygens (including phenoxy) is 2. The second-order valence-electron chi connectivity index (χ2n) is 7.66. The standard InChI is InChI=1S/C20H28FNO4/c1-20(2,3)26-19(24)22-11-9-14(10-12-22)17-7-6-16(21)13-15(17)5-8-18(23)25-4/h6-7,13-14H,5,8-12H2,1-4H3. The molecule has 0 aliphatic carbocycles. The Hall–Kier alpha value is -2.11. The molecule has 0 radical (unpaired) electrons. The average molecular weight is 365 g/mol. The first-order chi connectivity index (χ1) is 12.2. The largest absolute Gasteiger partial charge is 0.469 e. The molecular weight excluding hydrogens is 337 g/mol. The molecule has 0 bridgehead atoms. The number of carbonyl (C=O) groups excluding carboxylic acids is 2. The molecule has 0 atom stereocenters. The molecule has 1 saturated heterocycles. The van der Waals surface area contributed by atoms with E-state index in [1.807, 2.05) is 20.8 Å². The van der Waals surface area contributed by atoms with Gasteiger partial charge < -0.3 is 14.4 Å². The maximum Gasteiger partial charge on any atom is 0.410 e. The second-order valence-corrected chi connectivity index (χ2v) is 7.66. The summed E-state index contributed by atoms with van der Waals surface area (Å²) in [5.41, 5.74) is 1.39. The zero-order valence-corrected chi connectivity index (χ0v) is 16.0. The van der Waals surface area contributed by atoms with Crippen LogP contribution in [0.2, 0.25) is 0 Å². The summed E-state index contributed by atoms with van der Waals surface area (Å²) in [6.07, 6.45) is 1.96. The summed E-state index contributed by atoms with van der Waals surface area (Å²) < 4.78 is 23.8. The third-order valence-corrected chi connectivity index (χ3v) is 4.52. The topological polar surface area (TPSA) is 55.8 Å². The lowest BCUT2D eigenvalue weighted by Crippen LogP contribution is -2.41. The van der Waals surface area contributed by atoms with Crippen molar-refractivity contribution in [1.82, 2.24) is 4.90 Å². The van der Waals surface area contributed by atoms with Crippen molar-refractivity contribution < 1.29 is 23.5 Å². The van der Waals surface area contributed by atoms with E-state index in [2.05, 4.69) is 4.74 Å². The molecule has 1 aliphatic heterocycles.